The molecule has 2 N–H and O–H groups in total. The molecule has 4 nitrogen and oxygen atoms in total. The molecular formula is C17H16N2O2. The third kappa shape index (κ3) is 2.79. The van der Waals surface area contributed by atoms with E-state index in [1.807, 2.05) is 42.5 Å². The number of carbonyl (C=O) groups is 2. The summed E-state index contributed by atoms with van der Waals surface area (Å²) >= 11 is 0. The average molecular weight is 280 g/mol. The van der Waals surface area contributed by atoms with Crippen molar-refractivity contribution in [1.82, 2.24) is 10.6 Å². The van der Waals surface area contributed by atoms with Crippen molar-refractivity contribution >= 4 is 11.8 Å². The van der Waals surface area contributed by atoms with Crippen LogP contribution >= 0.6 is 0 Å². The predicted molar refractivity (Wildman–Crippen MR) is 80.3 cm³/mol. The quantitative estimate of drug-likeness (QED) is 0.902. The Morgan fingerprint density at radius 3 is 2.62 bits per heavy atom. The molecule has 1 atom stereocenters. The fourth-order valence-corrected chi connectivity index (χ4v) is 2.57. The zero-order valence-corrected chi connectivity index (χ0v) is 11.5. The molecule has 1 unspecified atom stereocenters. The second-order valence-electron chi connectivity index (χ2n) is 5.07. The molecule has 0 aromatic heterocycles. The highest BCUT2D eigenvalue weighted by atomic mass is 16.2. The van der Waals surface area contributed by atoms with Crippen molar-refractivity contribution in [1.29, 1.82) is 0 Å². The van der Waals surface area contributed by atoms with Gasteiger partial charge < -0.3 is 10.6 Å². The summed E-state index contributed by atoms with van der Waals surface area (Å²) in [5.74, 6) is -0.0345. The molecular weight excluding hydrogens is 264 g/mol. The molecule has 0 aliphatic carbocycles. The molecule has 0 saturated carbocycles. The number of hydrogen-bond acceptors (Lipinski definition) is 2. The van der Waals surface area contributed by atoms with Crippen LogP contribution in [0.4, 0.5) is 0 Å². The normalized spacial score (nSPS) is 16.8. The molecule has 2 amide bonds. The van der Waals surface area contributed by atoms with Crippen LogP contribution in [-0.4, -0.2) is 24.9 Å². The van der Waals surface area contributed by atoms with Gasteiger partial charge in [-0.15, -0.1) is 0 Å². The maximum atomic E-state index is 12.1. The number of amides is 2. The van der Waals surface area contributed by atoms with Crippen LogP contribution in [0.15, 0.2) is 54.6 Å². The summed E-state index contributed by atoms with van der Waals surface area (Å²) in [6.07, 6.45) is 0. The third-order valence-electron chi connectivity index (χ3n) is 3.70. The molecule has 0 saturated heterocycles. The third-order valence-corrected chi connectivity index (χ3v) is 3.70. The zero-order valence-electron chi connectivity index (χ0n) is 11.5. The van der Waals surface area contributed by atoms with E-state index in [1.54, 1.807) is 12.1 Å². The highest BCUT2D eigenvalue weighted by Gasteiger charge is 2.24. The van der Waals surface area contributed by atoms with Crippen LogP contribution < -0.4 is 10.6 Å². The molecule has 2 aromatic carbocycles. The minimum Gasteiger partial charge on any atom is -0.351 e. The van der Waals surface area contributed by atoms with Crippen LogP contribution in [0.2, 0.25) is 0 Å². The van der Waals surface area contributed by atoms with E-state index >= 15 is 0 Å². The molecule has 1 aliphatic rings. The molecule has 1 heterocycles. The van der Waals surface area contributed by atoms with Gasteiger partial charge in [0.2, 0.25) is 0 Å². The van der Waals surface area contributed by atoms with Crippen LogP contribution in [0.25, 0.3) is 0 Å². The highest BCUT2D eigenvalue weighted by Crippen LogP contribution is 2.23. The van der Waals surface area contributed by atoms with E-state index < -0.39 is 0 Å². The molecule has 0 bridgehead atoms. The number of rotatable bonds is 3. The largest absolute Gasteiger partial charge is 0.351 e. The number of nitrogens with one attached hydrogen (secondary N) is 2. The monoisotopic (exact) mass is 280 g/mol. The first-order valence-electron chi connectivity index (χ1n) is 6.96. The van der Waals surface area contributed by atoms with Crippen LogP contribution in [0.3, 0.4) is 0 Å². The lowest BCUT2D eigenvalue weighted by Crippen LogP contribution is -2.40. The Hall–Kier alpha value is -2.62. The van der Waals surface area contributed by atoms with E-state index in [9.17, 15) is 9.59 Å². The van der Waals surface area contributed by atoms with Gasteiger partial charge >= 0.3 is 0 Å². The Morgan fingerprint density at radius 2 is 1.81 bits per heavy atom. The van der Waals surface area contributed by atoms with E-state index in [0.717, 1.165) is 5.56 Å². The average Bonchev–Trinajstić information content (AvgIpc) is 2.55. The fourth-order valence-electron chi connectivity index (χ4n) is 2.57. The summed E-state index contributed by atoms with van der Waals surface area (Å²) in [4.78, 5) is 23.9. The second-order valence-corrected chi connectivity index (χ2v) is 5.07. The number of benzene rings is 2. The van der Waals surface area contributed by atoms with Crippen molar-refractivity contribution in [3.05, 3.63) is 71.3 Å². The van der Waals surface area contributed by atoms with Crippen LogP contribution in [0.5, 0.6) is 0 Å². The first-order valence-corrected chi connectivity index (χ1v) is 6.96. The summed E-state index contributed by atoms with van der Waals surface area (Å²) in [5.41, 5.74) is 2.34. The Morgan fingerprint density at radius 1 is 1.10 bits per heavy atom. The van der Waals surface area contributed by atoms with Gasteiger partial charge in [-0.3, -0.25) is 9.59 Å². The van der Waals surface area contributed by atoms with Gasteiger partial charge in [0.15, 0.2) is 0 Å². The molecule has 0 spiro atoms. The van der Waals surface area contributed by atoms with Gasteiger partial charge in [-0.05, 0) is 23.8 Å². The molecule has 2 aromatic rings. The summed E-state index contributed by atoms with van der Waals surface area (Å²) in [5, 5.41) is 5.80. The summed E-state index contributed by atoms with van der Waals surface area (Å²) in [7, 11) is 0. The van der Waals surface area contributed by atoms with E-state index in [0.29, 0.717) is 24.2 Å². The van der Waals surface area contributed by atoms with Gasteiger partial charge in [-0.2, -0.15) is 0 Å². The summed E-state index contributed by atoms with van der Waals surface area (Å²) < 4.78 is 0. The van der Waals surface area contributed by atoms with Crippen molar-refractivity contribution in [2.24, 2.45) is 0 Å². The summed E-state index contributed by atoms with van der Waals surface area (Å²) in [6.45, 7) is 1.05. The Bertz CT molecular complexity index is 668. The number of fused-ring (bicyclic) bond motifs is 1. The molecule has 0 radical (unpaired) electrons. The van der Waals surface area contributed by atoms with Gasteiger partial charge in [0.25, 0.3) is 11.8 Å². The molecule has 0 fully saturated rings. The predicted octanol–water partition coefficient (Wildman–Crippen LogP) is 1.94. The lowest BCUT2D eigenvalue weighted by atomic mass is 9.90. The van der Waals surface area contributed by atoms with Gasteiger partial charge in [-0.25, -0.2) is 0 Å². The van der Waals surface area contributed by atoms with E-state index in [4.69, 9.17) is 0 Å². The maximum Gasteiger partial charge on any atom is 0.251 e. The minimum atomic E-state index is -0.0926. The van der Waals surface area contributed by atoms with E-state index in [2.05, 4.69) is 10.6 Å². The van der Waals surface area contributed by atoms with Gasteiger partial charge in [0.05, 0.1) is 0 Å². The lowest BCUT2D eigenvalue weighted by Gasteiger charge is -2.25. The molecule has 3 rings (SSSR count). The van der Waals surface area contributed by atoms with Crippen molar-refractivity contribution in [2.75, 3.05) is 13.1 Å². The molecule has 106 valence electrons. The Kier molecular flexibility index (Phi) is 3.69. The standard InChI is InChI=1S/C17H16N2O2/c20-16(12-6-2-1-3-7-12)18-10-13-11-19-17(21)15-9-5-4-8-14(13)15/h1-9,13H,10-11H2,(H,18,20)(H,19,21). The Labute approximate surface area is 123 Å². The van der Waals surface area contributed by atoms with Gasteiger partial charge in [0.1, 0.15) is 0 Å². The second kappa shape index (κ2) is 5.79. The van der Waals surface area contributed by atoms with Crippen molar-refractivity contribution in [3.63, 3.8) is 0 Å². The molecule has 4 heteroatoms. The van der Waals surface area contributed by atoms with E-state index in [1.165, 1.54) is 0 Å². The number of carbonyl (C=O) groups excluding carboxylic acids is 2. The first kappa shape index (κ1) is 13.4. The van der Waals surface area contributed by atoms with Crippen LogP contribution in [0.1, 0.15) is 32.2 Å². The lowest BCUT2D eigenvalue weighted by molar-refractivity contribution is 0.0936. The smallest absolute Gasteiger partial charge is 0.251 e. The topological polar surface area (TPSA) is 58.2 Å². The van der Waals surface area contributed by atoms with Crippen LogP contribution in [-0.2, 0) is 0 Å². The zero-order chi connectivity index (χ0) is 14.7. The number of hydrogen-bond donors (Lipinski definition) is 2. The maximum absolute atomic E-state index is 12.1. The minimum absolute atomic E-state index is 0.0452. The van der Waals surface area contributed by atoms with Gasteiger partial charge in [0, 0.05) is 30.1 Å². The SMILES string of the molecule is O=C(NCC1CNC(=O)c2ccccc21)c1ccccc1. The molecule has 1 aliphatic heterocycles. The first-order chi connectivity index (χ1) is 10.3. The van der Waals surface area contributed by atoms with Crippen molar-refractivity contribution in [2.45, 2.75) is 5.92 Å². The highest BCUT2D eigenvalue weighted by molar-refractivity contribution is 5.97. The fraction of sp³-hybridized carbons (Fsp3) is 0.176. The summed E-state index contributed by atoms with van der Waals surface area (Å²) in [6, 6.07) is 16.7. The Balaban J connectivity index is 1.71. The van der Waals surface area contributed by atoms with Gasteiger partial charge in [-0.1, -0.05) is 36.4 Å². The van der Waals surface area contributed by atoms with Crippen molar-refractivity contribution in [3.8, 4) is 0 Å². The van der Waals surface area contributed by atoms with Crippen LogP contribution in [0, 0.1) is 0 Å². The van der Waals surface area contributed by atoms with E-state index in [-0.39, 0.29) is 17.7 Å². The molecule has 21 heavy (non-hydrogen) atoms. The van der Waals surface area contributed by atoms with Crippen molar-refractivity contribution < 1.29 is 9.59 Å².